The molecule has 8 aromatic carbocycles. The van der Waals surface area contributed by atoms with Gasteiger partial charge in [0.25, 0.3) is 0 Å². The van der Waals surface area contributed by atoms with E-state index in [0.29, 0.717) is 22.1 Å². The van der Waals surface area contributed by atoms with Gasteiger partial charge in [-0.05, 0) is 49.4 Å². The quantitative estimate of drug-likeness (QED) is 0.176. The van der Waals surface area contributed by atoms with Gasteiger partial charge in [-0.25, -0.2) is 0 Å². The summed E-state index contributed by atoms with van der Waals surface area (Å²) in [6.45, 7) is 0. The molecule has 1 nitrogen and oxygen atoms in total. The molecular weight excluding hydrogens is 569 g/mol. The van der Waals surface area contributed by atoms with Crippen LogP contribution in [0.25, 0.3) is 88.3 Å². The van der Waals surface area contributed by atoms with Gasteiger partial charge >= 0.3 is 0 Å². The maximum absolute atomic E-state index is 9.52. The Morgan fingerprint density at radius 2 is 0.851 bits per heavy atom. The van der Waals surface area contributed by atoms with Crippen LogP contribution < -0.4 is 0 Å². The van der Waals surface area contributed by atoms with Gasteiger partial charge in [0.1, 0.15) is 11.3 Å². The minimum atomic E-state index is -0.728. The number of hydrogen-bond acceptors (Lipinski definition) is 1. The Hall–Kier alpha value is -6.18. The standard InChI is InChI=1S/C46H30O/c1-4-15-31(16-5-1)32-27-29-35(30-28-32)45-44(41-26-14-25-36(46(41)47-45)33-17-6-2-7-18-33)43-39-23-12-10-21-37(39)42(34-19-8-3-9-20-34)38-22-11-13-24-40(38)43/h1-30H/i3D,8D,9D,10D,11D,12D,13D,19D,20D,21D,22D,23D,24D. The largest absolute Gasteiger partial charge is 0.455 e. The van der Waals surface area contributed by atoms with E-state index in [2.05, 4.69) is 0 Å². The van der Waals surface area contributed by atoms with Gasteiger partial charge in [0, 0.05) is 27.6 Å². The molecule has 0 aliphatic carbocycles. The van der Waals surface area contributed by atoms with Crippen LogP contribution in [-0.4, -0.2) is 0 Å². The summed E-state index contributed by atoms with van der Waals surface area (Å²) in [6.07, 6.45) is 0. The highest BCUT2D eigenvalue weighted by atomic mass is 16.3. The highest BCUT2D eigenvalue weighted by molar-refractivity contribution is 6.25. The van der Waals surface area contributed by atoms with Crippen LogP contribution in [0.3, 0.4) is 0 Å². The second-order valence-electron chi connectivity index (χ2n) is 11.0. The van der Waals surface area contributed by atoms with Gasteiger partial charge in [-0.15, -0.1) is 0 Å². The van der Waals surface area contributed by atoms with Crippen molar-refractivity contribution in [2.24, 2.45) is 0 Å². The van der Waals surface area contributed by atoms with Crippen LogP contribution in [0.1, 0.15) is 17.8 Å². The second-order valence-corrected chi connectivity index (χ2v) is 11.0. The van der Waals surface area contributed by atoms with Crippen molar-refractivity contribution in [3.8, 4) is 55.8 Å². The summed E-state index contributed by atoms with van der Waals surface area (Å²) in [5.74, 6) is 0.242. The average Bonchev–Trinajstić information content (AvgIpc) is 3.67. The second kappa shape index (κ2) is 11.3. The monoisotopic (exact) mass is 611 g/mol. The van der Waals surface area contributed by atoms with Gasteiger partial charge in [-0.3, -0.25) is 0 Å². The van der Waals surface area contributed by atoms with Crippen LogP contribution in [0.5, 0.6) is 0 Å². The Morgan fingerprint density at radius 1 is 0.340 bits per heavy atom. The maximum Gasteiger partial charge on any atom is 0.143 e. The summed E-state index contributed by atoms with van der Waals surface area (Å²) in [5.41, 5.74) is 3.78. The lowest BCUT2D eigenvalue weighted by molar-refractivity contribution is 0.633. The smallest absolute Gasteiger partial charge is 0.143 e. The summed E-state index contributed by atoms with van der Waals surface area (Å²) >= 11 is 0. The molecule has 0 saturated heterocycles. The van der Waals surface area contributed by atoms with Crippen LogP contribution in [0.15, 0.2) is 186 Å². The first kappa shape index (κ1) is 16.9. The molecule has 1 heterocycles. The number of rotatable bonds is 5. The molecule has 1 aromatic heterocycles. The fraction of sp³-hybridized carbons (Fsp3) is 0. The predicted molar refractivity (Wildman–Crippen MR) is 198 cm³/mol. The molecule has 0 aliphatic rings. The van der Waals surface area contributed by atoms with E-state index in [1.54, 1.807) is 6.07 Å². The molecule has 47 heavy (non-hydrogen) atoms. The van der Waals surface area contributed by atoms with Gasteiger partial charge < -0.3 is 4.42 Å². The third-order valence-electron chi connectivity index (χ3n) is 8.43. The lowest BCUT2D eigenvalue weighted by Crippen LogP contribution is -1.91. The Bertz CT molecular complexity index is 3160. The molecule has 220 valence electrons. The van der Waals surface area contributed by atoms with Gasteiger partial charge in [-0.1, -0.05) is 182 Å². The molecule has 9 rings (SSSR count). The van der Waals surface area contributed by atoms with Crippen LogP contribution in [0.2, 0.25) is 0 Å². The highest BCUT2D eigenvalue weighted by Gasteiger charge is 2.25. The van der Waals surface area contributed by atoms with E-state index in [0.717, 1.165) is 16.7 Å². The Kier molecular flexibility index (Phi) is 4.08. The SMILES string of the molecule is [2H]c1c([2H])c([2H])c(-c2c3c([2H])c([2H])c([2H])c([2H])c3c(-c3c(-c4ccc(-c5ccccc5)cc4)oc4c(-c5ccccc5)cccc34)c3c([2H])c([2H])c([2H])c([2H])c23)c([2H])c1[2H]. The third-order valence-corrected chi connectivity index (χ3v) is 8.43. The van der Waals surface area contributed by atoms with Gasteiger partial charge in [0.15, 0.2) is 0 Å². The zero-order chi connectivity index (χ0) is 42.5. The van der Waals surface area contributed by atoms with Crippen molar-refractivity contribution in [3.63, 3.8) is 0 Å². The molecule has 0 atom stereocenters. The van der Waals surface area contributed by atoms with Gasteiger partial charge in [0.05, 0.1) is 17.8 Å². The van der Waals surface area contributed by atoms with E-state index < -0.39 is 84.1 Å². The zero-order valence-corrected chi connectivity index (χ0v) is 24.7. The maximum atomic E-state index is 9.52. The van der Waals surface area contributed by atoms with Crippen LogP contribution in [-0.2, 0) is 0 Å². The van der Waals surface area contributed by atoms with Crippen LogP contribution in [0.4, 0.5) is 0 Å². The Morgan fingerprint density at radius 3 is 1.47 bits per heavy atom. The molecule has 0 amide bonds. The molecule has 0 unspecified atom stereocenters. The zero-order valence-electron chi connectivity index (χ0n) is 37.7. The van der Waals surface area contributed by atoms with Crippen LogP contribution in [0, 0.1) is 0 Å². The first-order valence-corrected chi connectivity index (χ1v) is 15.0. The van der Waals surface area contributed by atoms with Crippen molar-refractivity contribution in [1.29, 1.82) is 0 Å². The van der Waals surface area contributed by atoms with Gasteiger partial charge in [-0.2, -0.15) is 0 Å². The topological polar surface area (TPSA) is 13.1 Å². The summed E-state index contributed by atoms with van der Waals surface area (Å²) in [5, 5.41) is -0.473. The summed E-state index contributed by atoms with van der Waals surface area (Å²) in [7, 11) is 0. The molecule has 9 aromatic rings. The summed E-state index contributed by atoms with van der Waals surface area (Å²) in [6, 6.07) is 23.6. The fourth-order valence-corrected chi connectivity index (χ4v) is 6.36. The van der Waals surface area contributed by atoms with Crippen molar-refractivity contribution in [3.05, 3.63) is 182 Å². The molecule has 0 fully saturated rings. The van der Waals surface area contributed by atoms with Crippen molar-refractivity contribution in [1.82, 2.24) is 0 Å². The Labute approximate surface area is 292 Å². The number of benzene rings is 8. The van der Waals surface area contributed by atoms with Crippen molar-refractivity contribution < 1.29 is 22.2 Å². The molecule has 1 heteroatoms. The summed E-state index contributed by atoms with van der Waals surface area (Å²) < 4.78 is 124. The van der Waals surface area contributed by atoms with E-state index in [4.69, 9.17) is 16.8 Å². The number of furan rings is 1. The predicted octanol–water partition coefficient (Wildman–Crippen LogP) is 13.1. The molecule has 0 radical (unpaired) electrons. The first-order chi connectivity index (χ1) is 28.7. The minimum Gasteiger partial charge on any atom is -0.455 e. The van der Waals surface area contributed by atoms with Crippen molar-refractivity contribution in [2.45, 2.75) is 0 Å². The van der Waals surface area contributed by atoms with Crippen LogP contribution >= 0.6 is 0 Å². The molecular formula is C46H30O. The molecule has 0 saturated carbocycles. The average molecular weight is 612 g/mol. The minimum absolute atomic E-state index is 0.00112. The lowest BCUT2D eigenvalue weighted by Gasteiger charge is -2.18. The van der Waals surface area contributed by atoms with Crippen molar-refractivity contribution in [2.75, 3.05) is 0 Å². The molecule has 0 aliphatic heterocycles. The van der Waals surface area contributed by atoms with E-state index in [9.17, 15) is 5.48 Å². The number of para-hydroxylation sites is 1. The lowest BCUT2D eigenvalue weighted by atomic mass is 9.84. The highest BCUT2D eigenvalue weighted by Crippen LogP contribution is 2.50. The molecule has 0 N–H and O–H groups in total. The third kappa shape index (κ3) is 4.56. The van der Waals surface area contributed by atoms with Gasteiger partial charge in [0.2, 0.25) is 0 Å². The first-order valence-electron chi connectivity index (χ1n) is 21.5. The number of fused-ring (bicyclic) bond motifs is 3. The number of hydrogen-bond donors (Lipinski definition) is 0. The van der Waals surface area contributed by atoms with E-state index >= 15 is 0 Å². The van der Waals surface area contributed by atoms with E-state index in [1.807, 2.05) is 97.1 Å². The normalized spacial score (nSPS) is 15.3. The Balaban J connectivity index is 1.56. The molecule has 0 bridgehead atoms. The van der Waals surface area contributed by atoms with E-state index in [1.165, 1.54) is 0 Å². The summed E-state index contributed by atoms with van der Waals surface area (Å²) in [4.78, 5) is 0. The molecule has 0 spiro atoms. The van der Waals surface area contributed by atoms with E-state index in [-0.39, 0.29) is 44.0 Å². The van der Waals surface area contributed by atoms with Crippen molar-refractivity contribution >= 4 is 32.5 Å². The fourth-order valence-electron chi connectivity index (χ4n) is 6.36.